The Morgan fingerprint density at radius 1 is 1.10 bits per heavy atom. The molecule has 0 spiro atoms. The fourth-order valence-corrected chi connectivity index (χ4v) is 9.52. The number of carboxylic acid groups (broad SMARTS) is 1. The van der Waals surface area contributed by atoms with E-state index in [1.54, 1.807) is 27.9 Å². The smallest absolute Gasteiger partial charge is 0.408 e. The molecule has 0 radical (unpaired) electrons. The minimum atomic E-state index is -1.06. The number of aromatic nitrogens is 3. The molecule has 0 bridgehead atoms. The number of benzene rings is 1. The van der Waals surface area contributed by atoms with Gasteiger partial charge in [-0.2, -0.15) is 0 Å². The molecule has 330 valence electrons. The Labute approximate surface area is 363 Å². The van der Waals surface area contributed by atoms with E-state index in [4.69, 9.17) is 19.4 Å². The maximum absolute atomic E-state index is 13.9. The molecular formula is C46H63N7O7S. The average Bonchev–Trinajstić information content (AvgIpc) is 3.86. The molecule has 1 aromatic carbocycles. The lowest BCUT2D eigenvalue weighted by atomic mass is 9.84. The average molecular weight is 858 g/mol. The lowest BCUT2D eigenvalue weighted by Crippen LogP contribution is -2.60. The summed E-state index contributed by atoms with van der Waals surface area (Å²) in [7, 11) is 1.72. The quantitative estimate of drug-likeness (QED) is 0.0938. The van der Waals surface area contributed by atoms with Crippen LogP contribution in [0.4, 0.5) is 4.79 Å². The minimum Gasteiger partial charge on any atom is -0.480 e. The van der Waals surface area contributed by atoms with Crippen molar-refractivity contribution in [2.24, 2.45) is 11.3 Å². The minimum absolute atomic E-state index is 0.0142. The number of likely N-dealkylation sites (tertiary alicyclic amines) is 1. The summed E-state index contributed by atoms with van der Waals surface area (Å²) in [6.45, 7) is 16.9. The maximum Gasteiger partial charge on any atom is 0.408 e. The van der Waals surface area contributed by atoms with Crippen LogP contribution in [0, 0.1) is 11.3 Å². The van der Waals surface area contributed by atoms with Crippen molar-refractivity contribution in [1.82, 2.24) is 35.2 Å². The lowest BCUT2D eigenvalue weighted by molar-refractivity contribution is -0.147. The number of ether oxygens (including phenoxy) is 2. The number of alkyl carbamates (subject to hydrolysis) is 1. The molecule has 2 amide bonds. The van der Waals surface area contributed by atoms with Gasteiger partial charge in [0.1, 0.15) is 17.7 Å². The molecule has 3 atom stereocenters. The summed E-state index contributed by atoms with van der Waals surface area (Å²) in [5.41, 5.74) is 9.66. The summed E-state index contributed by atoms with van der Waals surface area (Å²) in [4.78, 5) is 51.4. The van der Waals surface area contributed by atoms with E-state index in [1.165, 1.54) is 34.8 Å². The Hall–Kier alpha value is -4.41. The molecule has 3 fully saturated rings. The Morgan fingerprint density at radius 2 is 1.85 bits per heavy atom. The van der Waals surface area contributed by atoms with Crippen LogP contribution in [0.3, 0.4) is 0 Å². The molecule has 15 heteroatoms. The van der Waals surface area contributed by atoms with Gasteiger partial charge in [-0.15, -0.1) is 11.3 Å². The van der Waals surface area contributed by atoms with E-state index in [9.17, 15) is 24.6 Å². The molecule has 3 aliphatic rings. The molecule has 4 aromatic rings. The van der Waals surface area contributed by atoms with Gasteiger partial charge in [-0.3, -0.25) is 24.5 Å². The van der Waals surface area contributed by atoms with Crippen molar-refractivity contribution in [2.75, 3.05) is 33.4 Å². The van der Waals surface area contributed by atoms with Crippen LogP contribution in [0.1, 0.15) is 102 Å². The summed E-state index contributed by atoms with van der Waals surface area (Å²) in [6.07, 6.45) is 6.25. The number of methoxy groups -OCH3 is 1. The Kier molecular flexibility index (Phi) is 13.3. The molecular weight excluding hydrogens is 795 g/mol. The third-order valence-electron chi connectivity index (χ3n) is 12.1. The predicted molar refractivity (Wildman–Crippen MR) is 236 cm³/mol. The van der Waals surface area contributed by atoms with Crippen LogP contribution >= 0.6 is 11.3 Å². The first kappa shape index (κ1) is 44.6. The van der Waals surface area contributed by atoms with Crippen molar-refractivity contribution >= 4 is 40.2 Å². The van der Waals surface area contributed by atoms with Crippen LogP contribution in [0.15, 0.2) is 35.8 Å². The van der Waals surface area contributed by atoms with Gasteiger partial charge in [0.15, 0.2) is 0 Å². The number of hydrogen-bond donors (Lipinski definition) is 4. The van der Waals surface area contributed by atoms with Gasteiger partial charge >= 0.3 is 12.1 Å². The third kappa shape index (κ3) is 10.3. The molecule has 4 N–H and O–H groups in total. The van der Waals surface area contributed by atoms with Crippen molar-refractivity contribution in [3.8, 4) is 22.5 Å². The Morgan fingerprint density at radius 3 is 2.51 bits per heavy atom. The maximum atomic E-state index is 13.9. The summed E-state index contributed by atoms with van der Waals surface area (Å²) in [5, 5.41) is 27.9. The molecule has 1 saturated carbocycles. The first-order valence-corrected chi connectivity index (χ1v) is 22.6. The summed E-state index contributed by atoms with van der Waals surface area (Å²) >= 11 is 1.39. The second-order valence-electron chi connectivity index (χ2n) is 18.9. The monoisotopic (exact) mass is 857 g/mol. The molecule has 2 aliphatic heterocycles. The number of carbonyl (C=O) groups is 3. The first-order valence-electron chi connectivity index (χ1n) is 21.7. The molecule has 1 aliphatic carbocycles. The highest BCUT2D eigenvalue weighted by Gasteiger charge is 2.38. The fraction of sp³-hybridized carbons (Fsp3) is 0.587. The standard InChI is InChI=1S/C46H63N7O7S/c1-9-52-38-15-12-30(37-25-61-39(48-37)20-36(49-44(58)60-45(3,4)5)42(55)53-16-10-11-35(50-53)43(56)57)19-32(38)34(21-46(6,7)26-54)41(52)33-18-28(22-47-40(33)27(2)59-8)17-29-23-51(24-29)31-13-14-31/h12,15,18-19,22,25,27,29,31,35-36,50,54H,9-11,13-14,16-17,20-21,23-24,26H2,1-8H3,(H,49,58)(H,56,57)/t27-,35-,36-/m0/s1. The number of fused-ring (bicyclic) bond motifs is 1. The SMILES string of the molecule is CCn1c(-c2cc(CC3CN(C4CC4)C3)cnc2[C@H](C)OC)c(CC(C)(C)CO)c2cc(-c3csc(C[C@H](NC(=O)OC(C)(C)C)C(=O)N4CCC[C@@H](C(=O)O)N4)n3)ccc21. The number of hydrogen-bond acceptors (Lipinski definition) is 11. The van der Waals surface area contributed by atoms with E-state index in [0.717, 1.165) is 76.8 Å². The van der Waals surface area contributed by atoms with Crippen LogP contribution < -0.4 is 10.7 Å². The van der Waals surface area contributed by atoms with Gasteiger partial charge in [0.05, 0.1) is 28.2 Å². The van der Waals surface area contributed by atoms with Crippen molar-refractivity contribution in [3.63, 3.8) is 0 Å². The third-order valence-corrected chi connectivity index (χ3v) is 12.9. The van der Waals surface area contributed by atoms with E-state index in [-0.39, 0.29) is 19.1 Å². The van der Waals surface area contributed by atoms with Gasteiger partial charge in [-0.25, -0.2) is 15.2 Å². The molecule has 14 nitrogen and oxygen atoms in total. The highest BCUT2D eigenvalue weighted by molar-refractivity contribution is 7.10. The zero-order valence-corrected chi connectivity index (χ0v) is 37.7. The zero-order valence-electron chi connectivity index (χ0n) is 36.9. The number of nitrogens with one attached hydrogen (secondary N) is 2. The van der Waals surface area contributed by atoms with E-state index < -0.39 is 41.1 Å². The van der Waals surface area contributed by atoms with Gasteiger partial charge < -0.3 is 29.6 Å². The summed E-state index contributed by atoms with van der Waals surface area (Å²) in [6, 6.07) is 7.53. The van der Waals surface area contributed by atoms with Crippen molar-refractivity contribution in [3.05, 3.63) is 57.7 Å². The van der Waals surface area contributed by atoms with E-state index in [1.807, 2.05) is 18.5 Å². The van der Waals surface area contributed by atoms with Gasteiger partial charge in [0, 0.05) is 86.0 Å². The van der Waals surface area contributed by atoms with Gasteiger partial charge in [0.2, 0.25) is 0 Å². The first-order chi connectivity index (χ1) is 29.0. The number of thiazole rings is 1. The number of carboxylic acids is 1. The van der Waals surface area contributed by atoms with Crippen molar-refractivity contribution < 1.29 is 34.1 Å². The number of aliphatic hydroxyl groups excluding tert-OH is 1. The summed E-state index contributed by atoms with van der Waals surface area (Å²) in [5.74, 6) is -0.892. The molecule has 5 heterocycles. The highest BCUT2D eigenvalue weighted by Crippen LogP contribution is 2.43. The van der Waals surface area contributed by atoms with Crippen LogP contribution in [0.25, 0.3) is 33.4 Å². The number of hydrazine groups is 1. The number of rotatable bonds is 16. The number of aryl methyl sites for hydroxylation is 1. The van der Waals surface area contributed by atoms with E-state index in [0.29, 0.717) is 36.7 Å². The number of nitrogens with zero attached hydrogens (tertiary/aromatic N) is 5. The number of amides is 2. The molecule has 0 unspecified atom stereocenters. The predicted octanol–water partition coefficient (Wildman–Crippen LogP) is 6.77. The summed E-state index contributed by atoms with van der Waals surface area (Å²) < 4.78 is 13.8. The molecule has 7 rings (SSSR count). The molecule has 2 saturated heterocycles. The van der Waals surface area contributed by atoms with Gasteiger partial charge in [-0.1, -0.05) is 19.9 Å². The second-order valence-corrected chi connectivity index (χ2v) is 19.8. The van der Waals surface area contributed by atoms with Gasteiger partial charge in [-0.05, 0) is 114 Å². The second kappa shape index (κ2) is 18.1. The number of carbonyl (C=O) groups excluding carboxylic acids is 2. The largest absolute Gasteiger partial charge is 0.480 e. The normalized spacial score (nSPS) is 18.8. The number of aliphatic hydroxyl groups is 1. The van der Waals surface area contributed by atoms with Crippen LogP contribution in [-0.2, 0) is 44.9 Å². The molecule has 61 heavy (non-hydrogen) atoms. The lowest BCUT2D eigenvalue weighted by Gasteiger charge is -2.39. The van der Waals surface area contributed by atoms with E-state index >= 15 is 0 Å². The zero-order chi connectivity index (χ0) is 43.8. The van der Waals surface area contributed by atoms with Crippen molar-refractivity contribution in [2.45, 2.75) is 130 Å². The Balaban J connectivity index is 1.24. The number of pyridine rings is 1. The Bertz CT molecular complexity index is 2240. The van der Waals surface area contributed by atoms with Crippen LogP contribution in [-0.4, -0.2) is 110 Å². The van der Waals surface area contributed by atoms with Crippen LogP contribution in [0.2, 0.25) is 0 Å². The highest BCUT2D eigenvalue weighted by atomic mass is 32.1. The van der Waals surface area contributed by atoms with Gasteiger partial charge in [0.25, 0.3) is 5.91 Å². The topological polar surface area (TPSA) is 171 Å². The van der Waals surface area contributed by atoms with E-state index in [2.05, 4.69) is 65.2 Å². The number of aliphatic carboxylic acids is 1. The fourth-order valence-electron chi connectivity index (χ4n) is 8.67. The van der Waals surface area contributed by atoms with Crippen molar-refractivity contribution in [1.29, 1.82) is 0 Å². The van der Waals surface area contributed by atoms with Crippen LogP contribution in [0.5, 0.6) is 0 Å². The molecule has 3 aromatic heterocycles.